The summed E-state index contributed by atoms with van der Waals surface area (Å²) in [5.74, 6) is 0.0725. The van der Waals surface area contributed by atoms with Crippen LogP contribution in [0, 0.1) is 0 Å². The standard InChI is InChI=1S/C32H40F2N6O5S/c1-3-4-13-40(32(42)37-29-17-28(31(35)41)23(18-33)16-24(29)19-34)26-11-14-39(15-12-26)21-22-5-10-30(36-20-22)45-27-8-6-25(7-9-27)38-46(2,43)44/h5-10,16-17,20,26,38H,3-4,11-15,18-19,21H2,1-2H3,(H2,35,41)(H,37,42). The number of pyridine rings is 1. The van der Waals surface area contributed by atoms with E-state index in [0.29, 0.717) is 30.4 Å². The molecular weight excluding hydrogens is 618 g/mol. The number of sulfonamides is 1. The fourth-order valence-corrected chi connectivity index (χ4v) is 5.93. The Bertz CT molecular complexity index is 1600. The molecule has 0 aliphatic carbocycles. The van der Waals surface area contributed by atoms with E-state index in [0.717, 1.165) is 50.6 Å². The van der Waals surface area contributed by atoms with Gasteiger partial charge < -0.3 is 20.7 Å². The molecule has 0 spiro atoms. The van der Waals surface area contributed by atoms with Gasteiger partial charge in [-0.05, 0) is 66.8 Å². The van der Waals surface area contributed by atoms with Crippen molar-refractivity contribution in [2.24, 2.45) is 5.73 Å². The molecule has 1 aliphatic heterocycles. The SMILES string of the molecule is CCCCN(C(=O)Nc1cc(C(N)=O)c(CF)cc1CF)C1CCN(Cc2ccc(Oc3ccc(NS(C)(=O)=O)cc3)nc2)CC1. The smallest absolute Gasteiger partial charge is 0.322 e. The van der Waals surface area contributed by atoms with Crippen molar-refractivity contribution in [3.05, 3.63) is 77.0 Å². The van der Waals surface area contributed by atoms with Crippen LogP contribution >= 0.6 is 0 Å². The number of benzene rings is 2. The molecule has 0 unspecified atom stereocenters. The van der Waals surface area contributed by atoms with Crippen molar-refractivity contribution < 1.29 is 31.5 Å². The first-order valence-corrected chi connectivity index (χ1v) is 17.0. The number of anilines is 2. The number of rotatable bonds is 14. The lowest BCUT2D eigenvalue weighted by Gasteiger charge is -2.38. The molecule has 11 nitrogen and oxygen atoms in total. The first-order chi connectivity index (χ1) is 22.0. The fourth-order valence-electron chi connectivity index (χ4n) is 5.37. The third-order valence-electron chi connectivity index (χ3n) is 7.72. The maximum Gasteiger partial charge on any atom is 0.322 e. The first kappa shape index (κ1) is 34.6. The topological polar surface area (TPSA) is 147 Å². The van der Waals surface area contributed by atoms with Crippen LogP contribution in [-0.2, 0) is 29.9 Å². The molecule has 248 valence electrons. The minimum atomic E-state index is -3.36. The molecule has 4 N–H and O–H groups in total. The number of nitrogens with zero attached hydrogens (tertiary/aromatic N) is 3. The Morgan fingerprint density at radius 1 is 1.07 bits per heavy atom. The summed E-state index contributed by atoms with van der Waals surface area (Å²) in [5, 5.41) is 2.76. The zero-order valence-corrected chi connectivity index (χ0v) is 26.8. The highest BCUT2D eigenvalue weighted by molar-refractivity contribution is 7.92. The van der Waals surface area contributed by atoms with E-state index in [-0.39, 0.29) is 28.4 Å². The van der Waals surface area contributed by atoms with E-state index in [9.17, 15) is 26.8 Å². The van der Waals surface area contributed by atoms with Crippen molar-refractivity contribution in [1.82, 2.24) is 14.8 Å². The zero-order valence-electron chi connectivity index (χ0n) is 26.0. The van der Waals surface area contributed by atoms with Crippen molar-refractivity contribution in [3.8, 4) is 11.6 Å². The van der Waals surface area contributed by atoms with Gasteiger partial charge in [-0.15, -0.1) is 0 Å². The number of amides is 3. The lowest BCUT2D eigenvalue weighted by Crippen LogP contribution is -2.49. The third kappa shape index (κ3) is 9.60. The number of ether oxygens (including phenoxy) is 1. The summed E-state index contributed by atoms with van der Waals surface area (Å²) in [4.78, 5) is 33.8. The van der Waals surface area contributed by atoms with Crippen LogP contribution in [0.2, 0.25) is 0 Å². The summed E-state index contributed by atoms with van der Waals surface area (Å²) < 4.78 is 58.2. The molecule has 0 radical (unpaired) electrons. The largest absolute Gasteiger partial charge is 0.439 e. The van der Waals surface area contributed by atoms with Gasteiger partial charge in [0, 0.05) is 67.0 Å². The second-order valence-corrected chi connectivity index (χ2v) is 13.0. The van der Waals surface area contributed by atoms with Gasteiger partial charge in [-0.3, -0.25) is 14.4 Å². The van der Waals surface area contributed by atoms with Crippen molar-refractivity contribution >= 4 is 33.3 Å². The van der Waals surface area contributed by atoms with Gasteiger partial charge in [0.1, 0.15) is 19.1 Å². The molecule has 2 aromatic carbocycles. The number of aromatic nitrogens is 1. The predicted octanol–water partition coefficient (Wildman–Crippen LogP) is 5.58. The molecule has 1 aromatic heterocycles. The van der Waals surface area contributed by atoms with Gasteiger partial charge in [0.2, 0.25) is 21.8 Å². The van der Waals surface area contributed by atoms with Crippen molar-refractivity contribution in [3.63, 3.8) is 0 Å². The van der Waals surface area contributed by atoms with Crippen LogP contribution in [-0.4, -0.2) is 67.1 Å². The molecule has 0 atom stereocenters. The zero-order chi connectivity index (χ0) is 33.3. The fraction of sp³-hybridized carbons (Fsp3) is 0.406. The number of halogens is 2. The van der Waals surface area contributed by atoms with Crippen LogP contribution in [0.4, 0.5) is 25.0 Å². The molecule has 1 aliphatic rings. The number of likely N-dealkylation sites (tertiary alicyclic amines) is 1. The second-order valence-electron chi connectivity index (χ2n) is 11.3. The quantitative estimate of drug-likeness (QED) is 0.205. The van der Waals surface area contributed by atoms with Crippen LogP contribution in [0.15, 0.2) is 54.7 Å². The van der Waals surface area contributed by atoms with Crippen molar-refractivity contribution in [2.45, 2.75) is 58.5 Å². The number of piperidine rings is 1. The number of alkyl halides is 2. The van der Waals surface area contributed by atoms with Gasteiger partial charge >= 0.3 is 6.03 Å². The maximum absolute atomic E-state index is 13.8. The van der Waals surface area contributed by atoms with Crippen molar-refractivity contribution in [1.29, 1.82) is 0 Å². The van der Waals surface area contributed by atoms with Gasteiger partial charge in [0.25, 0.3) is 0 Å². The number of nitrogens with one attached hydrogen (secondary N) is 2. The van der Waals surface area contributed by atoms with Gasteiger partial charge in [0.05, 0.1) is 6.26 Å². The van der Waals surface area contributed by atoms with Crippen LogP contribution in [0.25, 0.3) is 0 Å². The minimum Gasteiger partial charge on any atom is -0.439 e. The Labute approximate surface area is 268 Å². The summed E-state index contributed by atoms with van der Waals surface area (Å²) in [6.07, 6.45) is 5.98. The highest BCUT2D eigenvalue weighted by Crippen LogP contribution is 2.27. The molecule has 0 saturated carbocycles. The number of carbonyl (C=O) groups is 2. The van der Waals surface area contributed by atoms with Crippen molar-refractivity contribution in [2.75, 3.05) is 35.9 Å². The third-order valence-corrected chi connectivity index (χ3v) is 8.33. The van der Waals surface area contributed by atoms with Crippen LogP contribution < -0.4 is 20.5 Å². The number of nitrogens with two attached hydrogens (primary N) is 1. The van der Waals surface area contributed by atoms with E-state index >= 15 is 0 Å². The lowest BCUT2D eigenvalue weighted by molar-refractivity contribution is 0.0998. The molecule has 46 heavy (non-hydrogen) atoms. The van der Waals surface area contributed by atoms with Crippen LogP contribution in [0.1, 0.15) is 59.7 Å². The first-order valence-electron chi connectivity index (χ1n) is 15.1. The van der Waals surface area contributed by atoms with E-state index in [1.54, 1.807) is 41.4 Å². The molecule has 2 heterocycles. The van der Waals surface area contributed by atoms with E-state index in [2.05, 4.69) is 19.9 Å². The van der Waals surface area contributed by atoms with Gasteiger partial charge in [-0.1, -0.05) is 19.4 Å². The normalized spacial score (nSPS) is 14.1. The monoisotopic (exact) mass is 658 g/mol. The van der Waals surface area contributed by atoms with Gasteiger partial charge in [0.15, 0.2) is 0 Å². The number of carbonyl (C=O) groups excluding carboxylic acids is 2. The molecule has 1 fully saturated rings. The van der Waals surface area contributed by atoms with Gasteiger partial charge in [-0.25, -0.2) is 27.0 Å². The Morgan fingerprint density at radius 3 is 2.33 bits per heavy atom. The summed E-state index contributed by atoms with van der Waals surface area (Å²) in [6, 6.07) is 12.3. The van der Waals surface area contributed by atoms with Crippen LogP contribution in [0.5, 0.6) is 11.6 Å². The summed E-state index contributed by atoms with van der Waals surface area (Å²) in [7, 11) is -3.36. The molecule has 3 amide bonds. The summed E-state index contributed by atoms with van der Waals surface area (Å²) >= 11 is 0. The summed E-state index contributed by atoms with van der Waals surface area (Å²) in [5.41, 5.74) is 6.93. The van der Waals surface area contributed by atoms with E-state index in [4.69, 9.17) is 10.5 Å². The molecule has 14 heteroatoms. The second kappa shape index (κ2) is 15.8. The Morgan fingerprint density at radius 2 is 1.76 bits per heavy atom. The highest BCUT2D eigenvalue weighted by Gasteiger charge is 2.28. The molecule has 0 bridgehead atoms. The maximum atomic E-state index is 13.8. The average Bonchev–Trinajstić information content (AvgIpc) is 3.03. The average molecular weight is 659 g/mol. The summed E-state index contributed by atoms with van der Waals surface area (Å²) in [6.45, 7) is 2.81. The molecule has 4 rings (SSSR count). The van der Waals surface area contributed by atoms with E-state index < -0.39 is 35.3 Å². The highest BCUT2D eigenvalue weighted by atomic mass is 32.2. The van der Waals surface area contributed by atoms with E-state index in [1.807, 2.05) is 13.0 Å². The Hall–Kier alpha value is -4.30. The minimum absolute atomic E-state index is 0.0122. The molecule has 1 saturated heterocycles. The number of urea groups is 1. The van der Waals surface area contributed by atoms with Gasteiger partial charge in [-0.2, -0.15) is 0 Å². The number of hydrogen-bond donors (Lipinski definition) is 3. The molecular formula is C32H40F2N6O5S. The van der Waals surface area contributed by atoms with Crippen LogP contribution in [0.3, 0.4) is 0 Å². The Balaban J connectivity index is 1.34. The number of primary amides is 1. The predicted molar refractivity (Wildman–Crippen MR) is 173 cm³/mol. The Kier molecular flexibility index (Phi) is 11.9. The number of hydrogen-bond acceptors (Lipinski definition) is 7. The molecule has 3 aromatic rings. The van der Waals surface area contributed by atoms with E-state index in [1.165, 1.54) is 12.1 Å². The lowest BCUT2D eigenvalue weighted by atomic mass is 10.0. The number of unbranched alkanes of at least 4 members (excludes halogenated alkanes) is 1.